The Morgan fingerprint density at radius 2 is 1.72 bits per heavy atom. The number of urea groups is 1. The number of hydrogen-bond acceptors (Lipinski definition) is 4. The summed E-state index contributed by atoms with van der Waals surface area (Å²) in [5, 5.41) is 2.43. The van der Waals surface area contributed by atoms with Crippen LogP contribution < -0.4 is 10.9 Å². The van der Waals surface area contributed by atoms with Gasteiger partial charge < -0.3 is 14.8 Å². The van der Waals surface area contributed by atoms with Gasteiger partial charge in [0.2, 0.25) is 0 Å². The minimum atomic E-state index is -0.969. The molecule has 150 valence electrons. The second-order valence-electron chi connectivity index (χ2n) is 7.54. The zero-order valence-electron chi connectivity index (χ0n) is 16.1. The first kappa shape index (κ1) is 18.9. The van der Waals surface area contributed by atoms with Crippen molar-refractivity contribution in [3.05, 3.63) is 69.6 Å². The predicted octanol–water partition coefficient (Wildman–Crippen LogP) is 1.41. The molecule has 2 saturated heterocycles. The summed E-state index contributed by atoms with van der Waals surface area (Å²) < 4.78 is 0. The van der Waals surface area contributed by atoms with Gasteiger partial charge in [-0.05, 0) is 37.5 Å². The molecule has 2 aliphatic rings. The Bertz CT molecular complexity index is 1020. The van der Waals surface area contributed by atoms with Gasteiger partial charge in [0.05, 0.1) is 0 Å². The third-order valence-electron chi connectivity index (χ3n) is 5.75. The first-order valence-corrected chi connectivity index (χ1v) is 9.57. The van der Waals surface area contributed by atoms with Crippen LogP contribution in [-0.4, -0.2) is 51.3 Å². The number of aryl methyl sites for hydroxylation is 1. The molecule has 1 aromatic heterocycles. The van der Waals surface area contributed by atoms with Crippen molar-refractivity contribution in [3.63, 3.8) is 0 Å². The molecule has 0 bridgehead atoms. The van der Waals surface area contributed by atoms with E-state index in [4.69, 9.17) is 0 Å². The topological polar surface area (TPSA) is 103 Å². The van der Waals surface area contributed by atoms with Crippen LogP contribution in [0.2, 0.25) is 0 Å². The van der Waals surface area contributed by atoms with Crippen LogP contribution >= 0.6 is 0 Å². The molecule has 2 N–H and O–H groups in total. The Morgan fingerprint density at radius 3 is 2.38 bits per heavy atom. The van der Waals surface area contributed by atoms with E-state index in [0.717, 1.165) is 5.56 Å². The second kappa shape index (κ2) is 7.20. The molecular weight excluding hydrogens is 372 g/mol. The molecule has 8 heteroatoms. The van der Waals surface area contributed by atoms with E-state index in [9.17, 15) is 19.2 Å². The summed E-state index contributed by atoms with van der Waals surface area (Å²) in [6.07, 6.45) is 0.653. The molecule has 4 rings (SSSR count). The minimum absolute atomic E-state index is 0.0830. The van der Waals surface area contributed by atoms with E-state index in [2.05, 4.69) is 10.3 Å². The summed E-state index contributed by atoms with van der Waals surface area (Å²) in [5.41, 5.74) is 0.307. The van der Waals surface area contributed by atoms with Crippen LogP contribution in [0, 0.1) is 6.92 Å². The van der Waals surface area contributed by atoms with E-state index in [0.29, 0.717) is 25.1 Å². The number of piperidine rings is 1. The summed E-state index contributed by atoms with van der Waals surface area (Å²) >= 11 is 0. The fourth-order valence-corrected chi connectivity index (χ4v) is 4.07. The molecule has 0 aliphatic carbocycles. The van der Waals surface area contributed by atoms with Gasteiger partial charge in [0.25, 0.3) is 17.4 Å². The number of H-pyrrole nitrogens is 1. The van der Waals surface area contributed by atoms with Crippen LogP contribution in [0.3, 0.4) is 0 Å². The van der Waals surface area contributed by atoms with Gasteiger partial charge in [0, 0.05) is 25.3 Å². The first-order chi connectivity index (χ1) is 13.9. The fourth-order valence-electron chi connectivity index (χ4n) is 4.07. The van der Waals surface area contributed by atoms with Crippen molar-refractivity contribution >= 4 is 17.8 Å². The average molecular weight is 394 g/mol. The van der Waals surface area contributed by atoms with E-state index in [1.807, 2.05) is 30.3 Å². The van der Waals surface area contributed by atoms with E-state index < -0.39 is 17.1 Å². The van der Waals surface area contributed by atoms with E-state index in [-0.39, 0.29) is 30.5 Å². The fraction of sp³-hybridized carbons (Fsp3) is 0.333. The predicted molar refractivity (Wildman–Crippen MR) is 105 cm³/mol. The Labute approximate surface area is 167 Å². The highest BCUT2D eigenvalue weighted by atomic mass is 16.2. The molecule has 4 amide bonds. The van der Waals surface area contributed by atoms with Gasteiger partial charge in [-0.15, -0.1) is 0 Å². The molecule has 1 aromatic carbocycles. The smallest absolute Gasteiger partial charge is 0.325 e. The summed E-state index contributed by atoms with van der Waals surface area (Å²) in [7, 11) is 0. The largest absolute Gasteiger partial charge is 0.338 e. The van der Waals surface area contributed by atoms with Crippen molar-refractivity contribution in [2.75, 3.05) is 13.1 Å². The van der Waals surface area contributed by atoms with Crippen molar-refractivity contribution in [3.8, 4) is 0 Å². The maximum Gasteiger partial charge on any atom is 0.325 e. The molecule has 0 radical (unpaired) electrons. The number of likely N-dealkylation sites (tertiary alicyclic amines) is 1. The standard InChI is InChI=1S/C21H22N4O4/c1-14-7-8-16(17(26)22-14)18(27)24-11-9-21(10-12-24)19(28)23-20(29)25(21)13-15-5-3-2-4-6-15/h2-8H,9-13H2,1H3,(H,22,26)(H,23,28,29). The zero-order valence-corrected chi connectivity index (χ0v) is 16.1. The highest BCUT2D eigenvalue weighted by molar-refractivity contribution is 6.07. The lowest BCUT2D eigenvalue weighted by molar-refractivity contribution is -0.129. The summed E-state index contributed by atoms with van der Waals surface area (Å²) in [4.78, 5) is 55.8. The number of carbonyl (C=O) groups excluding carboxylic acids is 3. The molecule has 3 heterocycles. The van der Waals surface area contributed by atoms with Crippen LogP contribution in [0.25, 0.3) is 0 Å². The van der Waals surface area contributed by atoms with Gasteiger partial charge in [-0.3, -0.25) is 19.7 Å². The number of rotatable bonds is 3. The summed E-state index contributed by atoms with van der Waals surface area (Å²) in [6, 6.07) is 12.3. The number of aromatic amines is 1. The number of nitrogens with zero attached hydrogens (tertiary/aromatic N) is 2. The zero-order chi connectivity index (χ0) is 20.6. The Kier molecular flexibility index (Phi) is 4.70. The summed E-state index contributed by atoms with van der Waals surface area (Å²) in [5.74, 6) is -0.681. The molecule has 29 heavy (non-hydrogen) atoms. The van der Waals surface area contributed by atoms with E-state index >= 15 is 0 Å². The van der Waals surface area contributed by atoms with Gasteiger partial charge in [0.15, 0.2) is 0 Å². The third-order valence-corrected chi connectivity index (χ3v) is 5.75. The monoisotopic (exact) mass is 394 g/mol. The van der Waals surface area contributed by atoms with Crippen LogP contribution in [0.15, 0.2) is 47.3 Å². The molecule has 0 atom stereocenters. The molecule has 2 fully saturated rings. The van der Waals surface area contributed by atoms with Crippen LogP contribution in [-0.2, 0) is 11.3 Å². The van der Waals surface area contributed by atoms with E-state index in [1.165, 1.54) is 6.07 Å². The van der Waals surface area contributed by atoms with Crippen LogP contribution in [0.4, 0.5) is 4.79 Å². The molecule has 0 unspecified atom stereocenters. The van der Waals surface area contributed by atoms with Crippen LogP contribution in [0.1, 0.15) is 34.5 Å². The molecule has 2 aromatic rings. The highest BCUT2D eigenvalue weighted by Crippen LogP contribution is 2.34. The van der Waals surface area contributed by atoms with Crippen molar-refractivity contribution in [2.24, 2.45) is 0 Å². The van der Waals surface area contributed by atoms with Gasteiger partial charge in [-0.2, -0.15) is 0 Å². The number of benzene rings is 1. The van der Waals surface area contributed by atoms with Gasteiger partial charge in [-0.25, -0.2) is 4.79 Å². The average Bonchev–Trinajstić information content (AvgIpc) is 2.93. The lowest BCUT2D eigenvalue weighted by Crippen LogP contribution is -2.57. The summed E-state index contributed by atoms with van der Waals surface area (Å²) in [6.45, 7) is 2.65. The number of aromatic nitrogens is 1. The molecule has 8 nitrogen and oxygen atoms in total. The number of pyridine rings is 1. The Morgan fingerprint density at radius 1 is 1.03 bits per heavy atom. The Balaban J connectivity index is 1.53. The molecule has 0 saturated carbocycles. The number of carbonyl (C=O) groups is 3. The Hall–Kier alpha value is -3.42. The number of imide groups is 1. The molecule has 2 aliphatic heterocycles. The first-order valence-electron chi connectivity index (χ1n) is 9.57. The van der Waals surface area contributed by atoms with Crippen molar-refractivity contribution in [1.82, 2.24) is 20.1 Å². The van der Waals surface area contributed by atoms with Gasteiger partial charge in [-0.1, -0.05) is 30.3 Å². The van der Waals surface area contributed by atoms with Gasteiger partial charge in [0.1, 0.15) is 11.1 Å². The van der Waals surface area contributed by atoms with Crippen molar-refractivity contribution < 1.29 is 14.4 Å². The van der Waals surface area contributed by atoms with Crippen molar-refractivity contribution in [2.45, 2.75) is 31.8 Å². The maximum absolute atomic E-state index is 12.8. The molecular formula is C21H22N4O4. The number of hydrogen-bond donors (Lipinski definition) is 2. The second-order valence-corrected chi connectivity index (χ2v) is 7.54. The quantitative estimate of drug-likeness (QED) is 0.769. The van der Waals surface area contributed by atoms with Crippen LogP contribution in [0.5, 0.6) is 0 Å². The SMILES string of the molecule is Cc1ccc(C(=O)N2CCC3(CC2)C(=O)NC(=O)N3Cc2ccccc2)c(=O)[nH]1. The lowest BCUT2D eigenvalue weighted by Gasteiger charge is -2.42. The number of amides is 4. The van der Waals surface area contributed by atoms with Gasteiger partial charge >= 0.3 is 6.03 Å². The highest BCUT2D eigenvalue weighted by Gasteiger charge is 2.54. The number of nitrogens with one attached hydrogen (secondary N) is 2. The maximum atomic E-state index is 12.8. The van der Waals surface area contributed by atoms with E-state index in [1.54, 1.807) is 22.8 Å². The normalized spacial score (nSPS) is 18.2. The molecule has 1 spiro atoms. The minimum Gasteiger partial charge on any atom is -0.338 e. The third kappa shape index (κ3) is 3.30. The lowest BCUT2D eigenvalue weighted by atomic mass is 9.85. The van der Waals surface area contributed by atoms with Crippen molar-refractivity contribution in [1.29, 1.82) is 0 Å².